The normalized spacial score (nSPS) is 25.3. The van der Waals surface area contributed by atoms with E-state index in [1.165, 1.54) is 0 Å². The maximum atomic E-state index is 9.02. The molecule has 1 aliphatic heterocycles. The Kier molecular flexibility index (Phi) is 6.96. The van der Waals surface area contributed by atoms with Crippen molar-refractivity contribution < 1.29 is 9.84 Å². The highest BCUT2D eigenvalue weighted by Crippen LogP contribution is 2.07. The molecule has 16 heavy (non-hydrogen) atoms. The largest absolute Gasteiger partial charge is 0.396 e. The fourth-order valence-electron chi connectivity index (χ4n) is 2.26. The smallest absolute Gasteiger partial charge is 0.0673 e. The van der Waals surface area contributed by atoms with Crippen LogP contribution in [0.1, 0.15) is 26.7 Å². The second-order valence-electron chi connectivity index (χ2n) is 4.56. The van der Waals surface area contributed by atoms with E-state index in [9.17, 15) is 0 Å². The predicted molar refractivity (Wildman–Crippen MR) is 65.6 cm³/mol. The standard InChI is InChI=1S/C12H26N2O2/c1-3-13-12(5-7-15)10-14-6-4-8-16-11(2)9-14/h11-13,15H,3-10H2,1-2H3. The molecule has 4 nitrogen and oxygen atoms in total. The zero-order chi connectivity index (χ0) is 11.8. The molecule has 96 valence electrons. The predicted octanol–water partition coefficient (Wildman–Crippen LogP) is 0.458. The van der Waals surface area contributed by atoms with Gasteiger partial charge in [-0.05, 0) is 26.3 Å². The third kappa shape index (κ3) is 5.25. The Morgan fingerprint density at radius 3 is 3.06 bits per heavy atom. The van der Waals surface area contributed by atoms with Crippen LogP contribution in [0, 0.1) is 0 Å². The molecule has 0 saturated carbocycles. The Morgan fingerprint density at radius 2 is 2.38 bits per heavy atom. The van der Waals surface area contributed by atoms with Gasteiger partial charge in [0.2, 0.25) is 0 Å². The fourth-order valence-corrected chi connectivity index (χ4v) is 2.26. The summed E-state index contributed by atoms with van der Waals surface area (Å²) in [5.41, 5.74) is 0. The highest BCUT2D eigenvalue weighted by atomic mass is 16.5. The van der Waals surface area contributed by atoms with Gasteiger partial charge in [0.05, 0.1) is 6.10 Å². The van der Waals surface area contributed by atoms with Gasteiger partial charge in [-0.15, -0.1) is 0 Å². The molecule has 1 fully saturated rings. The molecule has 0 amide bonds. The molecule has 2 atom stereocenters. The quantitative estimate of drug-likeness (QED) is 0.696. The average molecular weight is 230 g/mol. The summed E-state index contributed by atoms with van der Waals surface area (Å²) in [6, 6.07) is 0.403. The van der Waals surface area contributed by atoms with Gasteiger partial charge in [0.25, 0.3) is 0 Å². The molecular weight excluding hydrogens is 204 g/mol. The monoisotopic (exact) mass is 230 g/mol. The van der Waals surface area contributed by atoms with Crippen molar-refractivity contribution >= 4 is 0 Å². The average Bonchev–Trinajstić information content (AvgIpc) is 2.43. The van der Waals surface area contributed by atoms with Crippen LogP contribution in [0.4, 0.5) is 0 Å². The maximum absolute atomic E-state index is 9.02. The molecule has 0 aromatic heterocycles. The lowest BCUT2D eigenvalue weighted by molar-refractivity contribution is 0.0659. The first-order valence-corrected chi connectivity index (χ1v) is 6.44. The minimum absolute atomic E-state index is 0.261. The SMILES string of the molecule is CCNC(CCO)CN1CCCOC(C)C1. The van der Waals surface area contributed by atoms with Crippen LogP contribution >= 0.6 is 0 Å². The number of likely N-dealkylation sites (N-methyl/N-ethyl adjacent to an activating group) is 1. The number of ether oxygens (including phenoxy) is 1. The number of hydrogen-bond acceptors (Lipinski definition) is 4. The van der Waals surface area contributed by atoms with Crippen molar-refractivity contribution in [3.05, 3.63) is 0 Å². The molecule has 2 unspecified atom stereocenters. The topological polar surface area (TPSA) is 44.7 Å². The summed E-state index contributed by atoms with van der Waals surface area (Å²) in [6.07, 6.45) is 2.28. The zero-order valence-corrected chi connectivity index (χ0v) is 10.6. The van der Waals surface area contributed by atoms with E-state index < -0.39 is 0 Å². The molecule has 0 aromatic rings. The Bertz CT molecular complexity index is 172. The van der Waals surface area contributed by atoms with Gasteiger partial charge in [0.15, 0.2) is 0 Å². The maximum Gasteiger partial charge on any atom is 0.0673 e. The van der Waals surface area contributed by atoms with Crippen LogP contribution in [0.15, 0.2) is 0 Å². The van der Waals surface area contributed by atoms with Crippen molar-refractivity contribution in [3.8, 4) is 0 Å². The van der Waals surface area contributed by atoms with Gasteiger partial charge in [-0.1, -0.05) is 6.92 Å². The first-order chi connectivity index (χ1) is 7.76. The molecule has 1 heterocycles. The Morgan fingerprint density at radius 1 is 1.56 bits per heavy atom. The molecule has 0 aromatic carbocycles. The van der Waals surface area contributed by atoms with Crippen LogP contribution in [0.2, 0.25) is 0 Å². The van der Waals surface area contributed by atoms with E-state index in [0.29, 0.717) is 12.1 Å². The summed E-state index contributed by atoms with van der Waals surface area (Å²) in [7, 11) is 0. The second-order valence-corrected chi connectivity index (χ2v) is 4.56. The molecule has 0 spiro atoms. The van der Waals surface area contributed by atoms with Crippen molar-refractivity contribution in [2.24, 2.45) is 0 Å². The fraction of sp³-hybridized carbons (Fsp3) is 1.00. The number of rotatable bonds is 6. The summed E-state index contributed by atoms with van der Waals surface area (Å²) in [5.74, 6) is 0. The summed E-state index contributed by atoms with van der Waals surface area (Å²) in [6.45, 7) is 9.48. The molecule has 0 radical (unpaired) electrons. The molecule has 1 aliphatic rings. The van der Waals surface area contributed by atoms with Gasteiger partial charge < -0.3 is 15.2 Å². The van der Waals surface area contributed by atoms with Crippen LogP contribution in [0.25, 0.3) is 0 Å². The van der Waals surface area contributed by atoms with E-state index in [0.717, 1.165) is 45.6 Å². The van der Waals surface area contributed by atoms with Crippen LogP contribution in [0.3, 0.4) is 0 Å². The van der Waals surface area contributed by atoms with E-state index in [1.54, 1.807) is 0 Å². The number of nitrogens with zero attached hydrogens (tertiary/aromatic N) is 1. The lowest BCUT2D eigenvalue weighted by atomic mass is 10.2. The number of aliphatic hydroxyl groups is 1. The first kappa shape index (κ1) is 13.9. The Balaban J connectivity index is 2.35. The molecule has 4 heteroatoms. The zero-order valence-electron chi connectivity index (χ0n) is 10.6. The molecule has 0 aliphatic carbocycles. The third-order valence-corrected chi connectivity index (χ3v) is 2.99. The van der Waals surface area contributed by atoms with Gasteiger partial charge in [-0.25, -0.2) is 0 Å². The van der Waals surface area contributed by atoms with Crippen LogP contribution < -0.4 is 5.32 Å². The van der Waals surface area contributed by atoms with E-state index in [2.05, 4.69) is 24.1 Å². The van der Waals surface area contributed by atoms with Crippen molar-refractivity contribution in [1.82, 2.24) is 10.2 Å². The molecular formula is C12H26N2O2. The summed E-state index contributed by atoms with van der Waals surface area (Å²) >= 11 is 0. The van der Waals surface area contributed by atoms with Crippen molar-refractivity contribution in [1.29, 1.82) is 0 Å². The molecule has 1 rings (SSSR count). The van der Waals surface area contributed by atoms with Gasteiger partial charge in [0.1, 0.15) is 0 Å². The van der Waals surface area contributed by atoms with Crippen molar-refractivity contribution in [2.75, 3.05) is 39.4 Å². The number of nitrogens with one attached hydrogen (secondary N) is 1. The van der Waals surface area contributed by atoms with Gasteiger partial charge in [-0.3, -0.25) is 4.90 Å². The van der Waals surface area contributed by atoms with E-state index in [4.69, 9.17) is 9.84 Å². The summed E-state index contributed by atoms with van der Waals surface area (Å²) < 4.78 is 5.62. The van der Waals surface area contributed by atoms with Crippen LogP contribution in [-0.2, 0) is 4.74 Å². The number of hydrogen-bond donors (Lipinski definition) is 2. The molecule has 1 saturated heterocycles. The van der Waals surface area contributed by atoms with Gasteiger partial charge in [0, 0.05) is 38.9 Å². The first-order valence-electron chi connectivity index (χ1n) is 6.44. The number of aliphatic hydroxyl groups excluding tert-OH is 1. The lowest BCUT2D eigenvalue weighted by Crippen LogP contribution is -2.43. The minimum Gasteiger partial charge on any atom is -0.396 e. The van der Waals surface area contributed by atoms with Gasteiger partial charge in [-0.2, -0.15) is 0 Å². The summed E-state index contributed by atoms with van der Waals surface area (Å²) in [4.78, 5) is 2.45. The molecule has 0 bridgehead atoms. The Labute approximate surface area is 99.0 Å². The van der Waals surface area contributed by atoms with E-state index in [1.807, 2.05) is 0 Å². The lowest BCUT2D eigenvalue weighted by Gasteiger charge is -2.27. The summed E-state index contributed by atoms with van der Waals surface area (Å²) in [5, 5.41) is 12.4. The van der Waals surface area contributed by atoms with E-state index >= 15 is 0 Å². The van der Waals surface area contributed by atoms with Crippen molar-refractivity contribution in [2.45, 2.75) is 38.8 Å². The Hall–Kier alpha value is -0.160. The highest BCUT2D eigenvalue weighted by Gasteiger charge is 2.18. The second kappa shape index (κ2) is 8.01. The van der Waals surface area contributed by atoms with Crippen LogP contribution in [-0.4, -0.2) is 61.5 Å². The molecule has 2 N–H and O–H groups in total. The van der Waals surface area contributed by atoms with Crippen molar-refractivity contribution in [3.63, 3.8) is 0 Å². The van der Waals surface area contributed by atoms with E-state index in [-0.39, 0.29) is 6.61 Å². The highest BCUT2D eigenvalue weighted by molar-refractivity contribution is 4.74. The minimum atomic E-state index is 0.261. The van der Waals surface area contributed by atoms with Gasteiger partial charge >= 0.3 is 0 Å². The van der Waals surface area contributed by atoms with Crippen LogP contribution in [0.5, 0.6) is 0 Å². The third-order valence-electron chi connectivity index (χ3n) is 2.99.